The Morgan fingerprint density at radius 2 is 1.80 bits per heavy atom. The molecule has 1 aliphatic heterocycles. The highest BCUT2D eigenvalue weighted by Gasteiger charge is 2.38. The highest BCUT2D eigenvalue weighted by Crippen LogP contribution is 2.36. The molecule has 0 spiro atoms. The number of carbonyl (C=O) groups excluding carboxylic acids is 1. The quantitative estimate of drug-likeness (QED) is 0.458. The molecule has 0 aliphatic carbocycles. The summed E-state index contributed by atoms with van der Waals surface area (Å²) in [6.45, 7) is 4.36. The van der Waals surface area contributed by atoms with Crippen LogP contribution in [-0.2, 0) is 0 Å². The number of para-hydroxylation sites is 1. The molecule has 0 radical (unpaired) electrons. The van der Waals surface area contributed by atoms with Crippen LogP contribution in [0.3, 0.4) is 0 Å². The van der Waals surface area contributed by atoms with Gasteiger partial charge in [-0.1, -0.05) is 12.1 Å². The van der Waals surface area contributed by atoms with Gasteiger partial charge in [-0.05, 0) is 55.7 Å². The molecule has 9 nitrogen and oxygen atoms in total. The number of H-pyrrole nitrogens is 1. The molecule has 1 amide bonds. The van der Waals surface area contributed by atoms with Crippen LogP contribution < -0.4 is 4.74 Å². The number of nitrogens with one attached hydrogen (secondary N) is 1. The molecule has 1 unspecified atom stereocenters. The Morgan fingerprint density at radius 1 is 1.09 bits per heavy atom. The molecule has 180 valence electrons. The van der Waals surface area contributed by atoms with Crippen LogP contribution >= 0.6 is 0 Å². The predicted molar refractivity (Wildman–Crippen MR) is 118 cm³/mol. The van der Waals surface area contributed by atoms with Gasteiger partial charge in [0.05, 0.1) is 35.2 Å². The third kappa shape index (κ3) is 4.34. The number of hydrogen-bond acceptors (Lipinski definition) is 6. The van der Waals surface area contributed by atoms with Crippen LogP contribution in [0.5, 0.6) is 5.75 Å². The van der Waals surface area contributed by atoms with Crippen molar-refractivity contribution < 1.29 is 22.7 Å². The van der Waals surface area contributed by atoms with E-state index in [1.807, 2.05) is 26.0 Å². The zero-order valence-electron chi connectivity index (χ0n) is 18.7. The van der Waals surface area contributed by atoms with Crippen molar-refractivity contribution in [1.29, 1.82) is 0 Å². The van der Waals surface area contributed by atoms with Crippen molar-refractivity contribution in [3.05, 3.63) is 71.3 Å². The standard InChI is InChI=1S/C23H20F3N7O2/c1-13-11-16(18(12-14(13)2)33-27-8-9-28-33)22(34)32-10-7-17(32)21-29-20(30-31-21)15-5-3-4-6-19(15)35-23(24,25)26/h3-6,8-9,11-12,17H,7,10H2,1-2H3,(H,29,30,31). The molecule has 35 heavy (non-hydrogen) atoms. The van der Waals surface area contributed by atoms with Gasteiger partial charge >= 0.3 is 6.36 Å². The highest BCUT2D eigenvalue weighted by molar-refractivity contribution is 5.98. The molecule has 4 aromatic rings. The Balaban J connectivity index is 1.43. The van der Waals surface area contributed by atoms with E-state index in [2.05, 4.69) is 30.1 Å². The van der Waals surface area contributed by atoms with E-state index in [9.17, 15) is 18.0 Å². The normalized spacial score (nSPS) is 15.7. The summed E-state index contributed by atoms with van der Waals surface area (Å²) in [5, 5.41) is 16.5. The maximum Gasteiger partial charge on any atom is 0.573 e. The fourth-order valence-corrected chi connectivity index (χ4v) is 3.97. The summed E-state index contributed by atoms with van der Waals surface area (Å²) in [5.41, 5.74) is 3.06. The Bertz CT molecular complexity index is 1380. The zero-order valence-corrected chi connectivity index (χ0v) is 18.7. The van der Waals surface area contributed by atoms with Crippen molar-refractivity contribution in [2.24, 2.45) is 0 Å². The van der Waals surface area contributed by atoms with Gasteiger partial charge in [0.25, 0.3) is 5.91 Å². The van der Waals surface area contributed by atoms with Gasteiger partial charge in [-0.25, -0.2) is 0 Å². The first kappa shape index (κ1) is 22.6. The minimum Gasteiger partial charge on any atom is -0.405 e. The number of amides is 1. The number of hydrogen-bond donors (Lipinski definition) is 1. The lowest BCUT2D eigenvalue weighted by molar-refractivity contribution is -0.274. The fourth-order valence-electron chi connectivity index (χ4n) is 3.97. The number of aromatic amines is 1. The van der Waals surface area contributed by atoms with E-state index in [4.69, 9.17) is 0 Å². The second-order valence-electron chi connectivity index (χ2n) is 8.18. The van der Waals surface area contributed by atoms with Gasteiger partial charge in [0, 0.05) is 6.54 Å². The number of nitrogens with zero attached hydrogens (tertiary/aromatic N) is 6. The summed E-state index contributed by atoms with van der Waals surface area (Å²) in [4.78, 5) is 19.5. The molecule has 3 heterocycles. The van der Waals surface area contributed by atoms with Gasteiger partial charge in [0.15, 0.2) is 11.6 Å². The Labute approximate surface area is 197 Å². The topological polar surface area (TPSA) is 102 Å². The third-order valence-corrected chi connectivity index (χ3v) is 5.94. The molecular formula is C23H20F3N7O2. The number of benzene rings is 2. The van der Waals surface area contributed by atoms with Crippen LogP contribution in [-0.4, -0.2) is 53.9 Å². The summed E-state index contributed by atoms with van der Waals surface area (Å²) in [6.07, 6.45) is -1.15. The lowest BCUT2D eigenvalue weighted by Gasteiger charge is -2.39. The molecule has 0 bridgehead atoms. The molecular weight excluding hydrogens is 463 g/mol. The van der Waals surface area contributed by atoms with Crippen LogP contribution in [0.15, 0.2) is 48.8 Å². The average molecular weight is 483 g/mol. The highest BCUT2D eigenvalue weighted by atomic mass is 19.4. The van der Waals surface area contributed by atoms with Gasteiger partial charge in [0.2, 0.25) is 0 Å². The third-order valence-electron chi connectivity index (χ3n) is 5.94. The first-order chi connectivity index (χ1) is 16.7. The maximum atomic E-state index is 13.5. The smallest absolute Gasteiger partial charge is 0.405 e. The van der Waals surface area contributed by atoms with Crippen molar-refractivity contribution in [1.82, 2.24) is 35.1 Å². The van der Waals surface area contributed by atoms with Crippen LogP contribution in [0, 0.1) is 13.8 Å². The summed E-state index contributed by atoms with van der Waals surface area (Å²) in [7, 11) is 0. The molecule has 1 N–H and O–H groups in total. The number of ether oxygens (including phenoxy) is 1. The first-order valence-corrected chi connectivity index (χ1v) is 10.8. The number of likely N-dealkylation sites (tertiary alicyclic amines) is 1. The van der Waals surface area contributed by atoms with Crippen LogP contribution in [0.4, 0.5) is 13.2 Å². The minimum atomic E-state index is -4.84. The van der Waals surface area contributed by atoms with E-state index < -0.39 is 18.2 Å². The molecule has 1 atom stereocenters. The number of aryl methyl sites for hydroxylation is 2. The van der Waals surface area contributed by atoms with Gasteiger partial charge in [-0.15, -0.1) is 23.4 Å². The van der Waals surface area contributed by atoms with Crippen molar-refractivity contribution in [3.8, 4) is 22.8 Å². The van der Waals surface area contributed by atoms with E-state index >= 15 is 0 Å². The Kier molecular flexibility index (Phi) is 5.50. The summed E-state index contributed by atoms with van der Waals surface area (Å²) < 4.78 is 42.5. The van der Waals surface area contributed by atoms with Gasteiger partial charge < -0.3 is 14.6 Å². The molecule has 5 rings (SSSR count). The average Bonchev–Trinajstić information content (AvgIpc) is 3.46. The van der Waals surface area contributed by atoms with E-state index in [0.29, 0.717) is 30.0 Å². The van der Waals surface area contributed by atoms with Crippen molar-refractivity contribution in [3.63, 3.8) is 0 Å². The summed E-state index contributed by atoms with van der Waals surface area (Å²) in [6, 6.07) is 8.93. The van der Waals surface area contributed by atoms with Crippen LogP contribution in [0.2, 0.25) is 0 Å². The molecule has 2 aromatic heterocycles. The molecule has 1 aliphatic rings. The number of rotatable bonds is 5. The monoisotopic (exact) mass is 483 g/mol. The molecule has 1 fully saturated rings. The van der Waals surface area contributed by atoms with E-state index in [-0.39, 0.29) is 17.3 Å². The largest absolute Gasteiger partial charge is 0.573 e. The van der Waals surface area contributed by atoms with E-state index in [1.54, 1.807) is 11.0 Å². The number of halogens is 3. The second kappa shape index (κ2) is 8.53. The fraction of sp³-hybridized carbons (Fsp3) is 0.261. The van der Waals surface area contributed by atoms with Crippen molar-refractivity contribution in [2.75, 3.05) is 6.54 Å². The Hall–Kier alpha value is -4.22. The van der Waals surface area contributed by atoms with Crippen LogP contribution in [0.1, 0.15) is 39.8 Å². The lowest BCUT2D eigenvalue weighted by atomic mass is 9.97. The number of carbonyl (C=O) groups is 1. The van der Waals surface area contributed by atoms with Gasteiger partial charge in [-0.3, -0.25) is 4.79 Å². The molecule has 12 heteroatoms. The molecule has 2 aromatic carbocycles. The minimum absolute atomic E-state index is 0.113. The van der Waals surface area contributed by atoms with Gasteiger partial charge in [-0.2, -0.15) is 15.0 Å². The first-order valence-electron chi connectivity index (χ1n) is 10.8. The van der Waals surface area contributed by atoms with Crippen molar-refractivity contribution in [2.45, 2.75) is 32.7 Å². The van der Waals surface area contributed by atoms with E-state index in [1.165, 1.54) is 35.4 Å². The number of aromatic nitrogens is 6. The SMILES string of the molecule is Cc1cc(C(=O)N2CCC2c2nnc(-c3ccccc3OC(F)(F)F)[nH]2)c(-n2nccn2)cc1C. The summed E-state index contributed by atoms with van der Waals surface area (Å²) >= 11 is 0. The van der Waals surface area contributed by atoms with Gasteiger partial charge in [0.1, 0.15) is 5.75 Å². The molecule has 0 saturated carbocycles. The summed E-state index contributed by atoms with van der Waals surface area (Å²) in [5.74, 6) is -0.123. The van der Waals surface area contributed by atoms with Crippen LogP contribution in [0.25, 0.3) is 17.1 Å². The Morgan fingerprint density at radius 3 is 2.49 bits per heavy atom. The lowest BCUT2D eigenvalue weighted by Crippen LogP contribution is -2.46. The second-order valence-corrected chi connectivity index (χ2v) is 8.18. The number of alkyl halides is 3. The van der Waals surface area contributed by atoms with Crippen molar-refractivity contribution >= 4 is 5.91 Å². The predicted octanol–water partition coefficient (Wildman–Crippen LogP) is 4.16. The molecule has 1 saturated heterocycles. The van der Waals surface area contributed by atoms with E-state index in [0.717, 1.165) is 11.1 Å². The maximum absolute atomic E-state index is 13.5. The zero-order chi connectivity index (χ0) is 24.7.